The number of amides is 1. The minimum atomic E-state index is -0.616. The molecule has 0 spiro atoms. The lowest BCUT2D eigenvalue weighted by atomic mass is 10.3. The number of hydrogen-bond acceptors (Lipinski definition) is 5. The van der Waals surface area contributed by atoms with Gasteiger partial charge in [0.25, 0.3) is 0 Å². The predicted molar refractivity (Wildman–Crippen MR) is 62.8 cm³/mol. The normalized spacial score (nSPS) is 10.7. The van der Waals surface area contributed by atoms with E-state index in [4.69, 9.17) is 5.11 Å². The van der Waals surface area contributed by atoms with Crippen molar-refractivity contribution in [2.24, 2.45) is 0 Å². The zero-order valence-electron chi connectivity index (χ0n) is 10.3. The Morgan fingerprint density at radius 2 is 2.33 bits per heavy atom. The molecule has 0 saturated carbocycles. The Morgan fingerprint density at radius 3 is 2.78 bits per heavy atom. The van der Waals surface area contributed by atoms with E-state index >= 15 is 0 Å². The second-order valence-electron chi connectivity index (χ2n) is 4.03. The van der Waals surface area contributed by atoms with Crippen LogP contribution in [0.25, 0.3) is 0 Å². The van der Waals surface area contributed by atoms with Crippen LogP contribution in [0.5, 0.6) is 0 Å². The minimum Gasteiger partial charge on any atom is -0.395 e. The highest BCUT2D eigenvalue weighted by Gasteiger charge is 2.19. The summed E-state index contributed by atoms with van der Waals surface area (Å²) in [6.45, 7) is 3.70. The van der Waals surface area contributed by atoms with Crippen molar-refractivity contribution in [2.75, 3.05) is 13.2 Å². The topological polar surface area (TPSA) is 102 Å². The van der Waals surface area contributed by atoms with Crippen LogP contribution >= 0.6 is 0 Å². The molecule has 8 nitrogen and oxygen atoms in total. The lowest BCUT2D eigenvalue weighted by Crippen LogP contribution is -2.41. The van der Waals surface area contributed by atoms with Crippen LogP contribution in [0, 0.1) is 10.1 Å². The summed E-state index contributed by atoms with van der Waals surface area (Å²) < 4.78 is 1.22. The van der Waals surface area contributed by atoms with E-state index in [0.29, 0.717) is 0 Å². The Balaban J connectivity index is 2.69. The van der Waals surface area contributed by atoms with Crippen LogP contribution in [0.1, 0.15) is 13.8 Å². The predicted octanol–water partition coefficient (Wildman–Crippen LogP) is 0.0206. The Morgan fingerprint density at radius 1 is 1.67 bits per heavy atom. The van der Waals surface area contributed by atoms with Gasteiger partial charge in [0, 0.05) is 12.6 Å². The van der Waals surface area contributed by atoms with Crippen molar-refractivity contribution in [3.05, 3.63) is 22.4 Å². The van der Waals surface area contributed by atoms with E-state index in [1.54, 1.807) is 0 Å². The highest BCUT2D eigenvalue weighted by molar-refractivity contribution is 5.76. The van der Waals surface area contributed by atoms with Crippen molar-refractivity contribution in [2.45, 2.75) is 26.4 Å². The number of rotatable bonds is 6. The van der Waals surface area contributed by atoms with Crippen LogP contribution in [0.2, 0.25) is 0 Å². The van der Waals surface area contributed by atoms with Gasteiger partial charge < -0.3 is 20.1 Å². The number of aliphatic hydroxyl groups is 1. The smallest absolute Gasteiger partial charge is 0.389 e. The van der Waals surface area contributed by atoms with Crippen molar-refractivity contribution in [3.8, 4) is 0 Å². The highest BCUT2D eigenvalue weighted by Crippen LogP contribution is 2.06. The molecule has 100 valence electrons. The molecule has 0 radical (unpaired) electrons. The first kappa shape index (κ1) is 14.1. The Labute approximate surface area is 104 Å². The van der Waals surface area contributed by atoms with Gasteiger partial charge in [-0.2, -0.15) is 4.68 Å². The van der Waals surface area contributed by atoms with Gasteiger partial charge in [0.1, 0.15) is 6.54 Å². The molecule has 1 heterocycles. The summed E-state index contributed by atoms with van der Waals surface area (Å²) in [5.74, 6) is -0.530. The van der Waals surface area contributed by atoms with Crippen LogP contribution in [-0.4, -0.2) is 49.8 Å². The molecule has 0 aliphatic rings. The van der Waals surface area contributed by atoms with Gasteiger partial charge in [0.15, 0.2) is 0 Å². The quantitative estimate of drug-likeness (QED) is 0.571. The Bertz CT molecular complexity index is 429. The minimum absolute atomic E-state index is 0.0461. The molecule has 1 aromatic heterocycles. The number of nitrogens with zero attached hydrogens (tertiary/aromatic N) is 4. The number of nitro groups is 1. The summed E-state index contributed by atoms with van der Waals surface area (Å²) in [4.78, 5) is 23.2. The third kappa shape index (κ3) is 3.52. The second-order valence-corrected chi connectivity index (χ2v) is 4.03. The molecular weight excluding hydrogens is 240 g/mol. The summed E-state index contributed by atoms with van der Waals surface area (Å²) in [5.41, 5.74) is 0. The van der Waals surface area contributed by atoms with E-state index in [1.807, 2.05) is 13.8 Å². The van der Waals surface area contributed by atoms with Crippen LogP contribution in [0.4, 0.5) is 5.82 Å². The number of aliphatic hydroxyl groups excluding tert-OH is 1. The van der Waals surface area contributed by atoms with Gasteiger partial charge in [-0.15, -0.1) is 0 Å². The van der Waals surface area contributed by atoms with Gasteiger partial charge in [-0.1, -0.05) is 0 Å². The van der Waals surface area contributed by atoms with E-state index in [0.717, 1.165) is 0 Å². The summed E-state index contributed by atoms with van der Waals surface area (Å²) >= 11 is 0. The van der Waals surface area contributed by atoms with E-state index in [2.05, 4.69) is 5.10 Å². The zero-order valence-corrected chi connectivity index (χ0v) is 10.3. The molecule has 1 aromatic rings. The Kier molecular flexibility index (Phi) is 4.78. The maximum absolute atomic E-state index is 11.9. The molecule has 18 heavy (non-hydrogen) atoms. The van der Waals surface area contributed by atoms with Gasteiger partial charge in [0.05, 0.1) is 24.0 Å². The standard InChI is InChI=1S/C10H16N4O4/c1-8(2)13(5-6-15)10(16)7-12-4-3-9(11-12)14(17)18/h3-4,8,15H,5-7H2,1-2H3. The molecule has 0 saturated heterocycles. The molecule has 0 aliphatic heterocycles. The van der Waals surface area contributed by atoms with Crippen molar-refractivity contribution in [1.29, 1.82) is 0 Å². The van der Waals surface area contributed by atoms with Crippen molar-refractivity contribution in [3.63, 3.8) is 0 Å². The summed E-state index contributed by atoms with van der Waals surface area (Å²) in [5, 5.41) is 23.0. The van der Waals surface area contributed by atoms with E-state index in [1.165, 1.54) is 21.8 Å². The number of hydrogen-bond donors (Lipinski definition) is 1. The average molecular weight is 256 g/mol. The van der Waals surface area contributed by atoms with Crippen LogP contribution in [-0.2, 0) is 11.3 Å². The SMILES string of the molecule is CC(C)N(CCO)C(=O)Cn1ccc([N+](=O)[O-])n1. The molecule has 1 rings (SSSR count). The third-order valence-electron chi connectivity index (χ3n) is 2.40. The number of aromatic nitrogens is 2. The van der Waals surface area contributed by atoms with Crippen LogP contribution < -0.4 is 0 Å². The summed E-state index contributed by atoms with van der Waals surface area (Å²) in [6.07, 6.45) is 1.38. The molecule has 0 aliphatic carbocycles. The lowest BCUT2D eigenvalue weighted by molar-refractivity contribution is -0.389. The lowest BCUT2D eigenvalue weighted by Gasteiger charge is -2.25. The number of carbonyl (C=O) groups excluding carboxylic acids is 1. The highest BCUT2D eigenvalue weighted by atomic mass is 16.6. The second kappa shape index (κ2) is 6.10. The molecule has 0 fully saturated rings. The van der Waals surface area contributed by atoms with Crippen LogP contribution in [0.15, 0.2) is 12.3 Å². The average Bonchev–Trinajstić information content (AvgIpc) is 2.73. The first-order valence-corrected chi connectivity index (χ1v) is 5.54. The molecular formula is C10H16N4O4. The van der Waals surface area contributed by atoms with Gasteiger partial charge in [-0.3, -0.25) is 4.79 Å². The molecule has 0 bridgehead atoms. The van der Waals surface area contributed by atoms with Gasteiger partial charge in [0.2, 0.25) is 5.91 Å². The first-order chi connectivity index (χ1) is 8.45. The monoisotopic (exact) mass is 256 g/mol. The third-order valence-corrected chi connectivity index (χ3v) is 2.40. The summed E-state index contributed by atoms with van der Waals surface area (Å²) in [6, 6.07) is 1.19. The van der Waals surface area contributed by atoms with E-state index in [9.17, 15) is 14.9 Å². The molecule has 1 amide bonds. The van der Waals surface area contributed by atoms with Gasteiger partial charge in [-0.25, -0.2) is 0 Å². The number of carbonyl (C=O) groups is 1. The molecule has 0 aromatic carbocycles. The van der Waals surface area contributed by atoms with Gasteiger partial charge >= 0.3 is 5.82 Å². The van der Waals surface area contributed by atoms with Crippen molar-refractivity contribution < 1.29 is 14.8 Å². The first-order valence-electron chi connectivity index (χ1n) is 5.54. The van der Waals surface area contributed by atoms with E-state index in [-0.39, 0.29) is 37.5 Å². The molecule has 1 N–H and O–H groups in total. The fourth-order valence-corrected chi connectivity index (χ4v) is 1.54. The Hall–Kier alpha value is -1.96. The van der Waals surface area contributed by atoms with Crippen molar-refractivity contribution in [1.82, 2.24) is 14.7 Å². The largest absolute Gasteiger partial charge is 0.395 e. The molecule has 0 atom stereocenters. The molecule has 8 heteroatoms. The van der Waals surface area contributed by atoms with Crippen molar-refractivity contribution >= 4 is 11.7 Å². The molecule has 0 unspecified atom stereocenters. The maximum Gasteiger partial charge on any atom is 0.389 e. The fourth-order valence-electron chi connectivity index (χ4n) is 1.54. The van der Waals surface area contributed by atoms with E-state index < -0.39 is 4.92 Å². The summed E-state index contributed by atoms with van der Waals surface area (Å²) in [7, 11) is 0. The maximum atomic E-state index is 11.9. The zero-order chi connectivity index (χ0) is 13.7. The van der Waals surface area contributed by atoms with Crippen LogP contribution in [0.3, 0.4) is 0 Å². The fraction of sp³-hybridized carbons (Fsp3) is 0.600. The van der Waals surface area contributed by atoms with Gasteiger partial charge in [-0.05, 0) is 18.8 Å².